The van der Waals surface area contributed by atoms with Gasteiger partial charge in [-0.25, -0.2) is 4.98 Å². The van der Waals surface area contributed by atoms with Gasteiger partial charge in [-0.1, -0.05) is 13.8 Å². The maximum atomic E-state index is 4.29. The molecular formula is C12H20N2S. The molecule has 0 bridgehead atoms. The summed E-state index contributed by atoms with van der Waals surface area (Å²) in [5.74, 6) is 1.77. The molecule has 1 N–H and O–H groups in total. The van der Waals surface area contributed by atoms with Crippen LogP contribution in [0.5, 0.6) is 0 Å². The van der Waals surface area contributed by atoms with Crippen molar-refractivity contribution in [3.05, 3.63) is 16.6 Å². The molecule has 0 aromatic carbocycles. The molecule has 0 amide bonds. The molecule has 1 fully saturated rings. The molecule has 3 unspecified atom stereocenters. The predicted octanol–water partition coefficient (Wildman–Crippen LogP) is 3.06. The van der Waals surface area contributed by atoms with Crippen molar-refractivity contribution in [2.75, 3.05) is 0 Å². The second kappa shape index (κ2) is 5.08. The Morgan fingerprint density at radius 3 is 2.93 bits per heavy atom. The Kier molecular flexibility index (Phi) is 3.76. The third-order valence-corrected chi connectivity index (χ3v) is 4.29. The first-order valence-electron chi connectivity index (χ1n) is 5.86. The Balaban J connectivity index is 1.76. The van der Waals surface area contributed by atoms with Crippen molar-refractivity contribution < 1.29 is 0 Å². The Bertz CT molecular complexity index is 284. The minimum atomic E-state index is 0.706. The largest absolute Gasteiger partial charge is 0.308 e. The Morgan fingerprint density at radius 2 is 2.27 bits per heavy atom. The third-order valence-electron chi connectivity index (χ3n) is 3.65. The first-order chi connectivity index (χ1) is 7.25. The fourth-order valence-corrected chi connectivity index (χ4v) is 2.87. The highest BCUT2D eigenvalue weighted by Gasteiger charge is 2.23. The zero-order valence-electron chi connectivity index (χ0n) is 9.57. The Labute approximate surface area is 96.1 Å². The Morgan fingerprint density at radius 1 is 1.40 bits per heavy atom. The fraction of sp³-hybridized carbons (Fsp3) is 0.750. The lowest BCUT2D eigenvalue weighted by Gasteiger charge is -2.32. The first kappa shape index (κ1) is 11.1. The zero-order valence-corrected chi connectivity index (χ0v) is 10.4. The molecule has 1 heterocycles. The fourth-order valence-electron chi connectivity index (χ4n) is 2.31. The van der Waals surface area contributed by atoms with Crippen LogP contribution in [0.3, 0.4) is 0 Å². The molecule has 15 heavy (non-hydrogen) atoms. The molecule has 1 aromatic rings. The van der Waals surface area contributed by atoms with Crippen LogP contribution < -0.4 is 5.32 Å². The summed E-state index contributed by atoms with van der Waals surface area (Å²) in [5.41, 5.74) is 3.09. The molecule has 1 aliphatic carbocycles. The van der Waals surface area contributed by atoms with Gasteiger partial charge in [0.25, 0.3) is 0 Å². The van der Waals surface area contributed by atoms with E-state index in [1.54, 1.807) is 11.3 Å². The maximum Gasteiger partial charge on any atom is 0.0795 e. The van der Waals surface area contributed by atoms with Crippen molar-refractivity contribution in [2.45, 2.75) is 45.7 Å². The summed E-state index contributed by atoms with van der Waals surface area (Å²) in [6.07, 6.45) is 4.02. The maximum absolute atomic E-state index is 4.29. The van der Waals surface area contributed by atoms with Gasteiger partial charge >= 0.3 is 0 Å². The van der Waals surface area contributed by atoms with Crippen molar-refractivity contribution >= 4 is 11.3 Å². The van der Waals surface area contributed by atoms with E-state index in [-0.39, 0.29) is 0 Å². The van der Waals surface area contributed by atoms with E-state index >= 15 is 0 Å². The zero-order chi connectivity index (χ0) is 10.7. The lowest BCUT2D eigenvalue weighted by molar-refractivity contribution is 0.225. The van der Waals surface area contributed by atoms with Gasteiger partial charge in [-0.3, -0.25) is 0 Å². The summed E-state index contributed by atoms with van der Waals surface area (Å²) in [7, 11) is 0. The summed E-state index contributed by atoms with van der Waals surface area (Å²) in [6.45, 7) is 5.69. The summed E-state index contributed by atoms with van der Waals surface area (Å²) < 4.78 is 0. The lowest BCUT2D eigenvalue weighted by Crippen LogP contribution is -2.35. The number of hydrogen-bond donors (Lipinski definition) is 1. The molecule has 1 aromatic heterocycles. The Hall–Kier alpha value is -0.410. The standard InChI is InChI=1S/C12H20N2S/c1-9-3-4-11(5-10(9)2)13-6-12-7-15-8-14-12/h7-11,13H,3-6H2,1-2H3. The van der Waals surface area contributed by atoms with Crippen LogP contribution in [0.25, 0.3) is 0 Å². The normalized spacial score (nSPS) is 31.7. The van der Waals surface area contributed by atoms with Crippen LogP contribution in [0.4, 0.5) is 0 Å². The molecule has 3 atom stereocenters. The number of aromatic nitrogens is 1. The highest BCUT2D eigenvalue weighted by Crippen LogP contribution is 2.29. The van der Waals surface area contributed by atoms with E-state index in [4.69, 9.17) is 0 Å². The second-order valence-electron chi connectivity index (χ2n) is 4.83. The number of nitrogens with zero attached hydrogens (tertiary/aromatic N) is 1. The quantitative estimate of drug-likeness (QED) is 0.853. The third kappa shape index (κ3) is 3.02. The van der Waals surface area contributed by atoms with E-state index in [1.807, 2.05) is 5.51 Å². The van der Waals surface area contributed by atoms with E-state index in [0.29, 0.717) is 6.04 Å². The smallest absolute Gasteiger partial charge is 0.0795 e. The van der Waals surface area contributed by atoms with Gasteiger partial charge in [0.05, 0.1) is 11.2 Å². The molecule has 2 nitrogen and oxygen atoms in total. The van der Waals surface area contributed by atoms with Crippen LogP contribution in [-0.4, -0.2) is 11.0 Å². The van der Waals surface area contributed by atoms with Gasteiger partial charge in [-0.15, -0.1) is 11.3 Å². The summed E-state index contributed by atoms with van der Waals surface area (Å²) >= 11 is 1.68. The minimum Gasteiger partial charge on any atom is -0.308 e. The molecule has 84 valence electrons. The van der Waals surface area contributed by atoms with Crippen molar-refractivity contribution in [3.8, 4) is 0 Å². The van der Waals surface area contributed by atoms with Gasteiger partial charge in [0.2, 0.25) is 0 Å². The molecule has 2 rings (SSSR count). The van der Waals surface area contributed by atoms with Gasteiger partial charge in [-0.05, 0) is 31.1 Å². The van der Waals surface area contributed by atoms with Crippen LogP contribution >= 0.6 is 11.3 Å². The van der Waals surface area contributed by atoms with E-state index in [2.05, 4.69) is 29.5 Å². The van der Waals surface area contributed by atoms with E-state index < -0.39 is 0 Å². The average molecular weight is 224 g/mol. The van der Waals surface area contributed by atoms with E-state index in [0.717, 1.165) is 18.4 Å². The summed E-state index contributed by atoms with van der Waals surface area (Å²) in [4.78, 5) is 4.29. The highest BCUT2D eigenvalue weighted by molar-refractivity contribution is 7.07. The molecule has 1 saturated carbocycles. The summed E-state index contributed by atoms with van der Waals surface area (Å²) in [6, 6.07) is 0.706. The number of hydrogen-bond acceptors (Lipinski definition) is 3. The van der Waals surface area contributed by atoms with Crippen LogP contribution in [0.15, 0.2) is 10.9 Å². The molecule has 0 saturated heterocycles. The molecule has 0 spiro atoms. The topological polar surface area (TPSA) is 24.9 Å². The van der Waals surface area contributed by atoms with Crippen LogP contribution in [0, 0.1) is 11.8 Å². The predicted molar refractivity (Wildman–Crippen MR) is 64.9 cm³/mol. The molecule has 3 heteroatoms. The van der Waals surface area contributed by atoms with Crippen molar-refractivity contribution in [1.29, 1.82) is 0 Å². The van der Waals surface area contributed by atoms with E-state index in [9.17, 15) is 0 Å². The number of nitrogens with one attached hydrogen (secondary N) is 1. The molecule has 1 aliphatic rings. The van der Waals surface area contributed by atoms with Crippen LogP contribution in [0.1, 0.15) is 38.8 Å². The molecular weight excluding hydrogens is 204 g/mol. The summed E-state index contributed by atoms with van der Waals surface area (Å²) in [5, 5.41) is 5.75. The van der Waals surface area contributed by atoms with Gasteiger partial charge < -0.3 is 5.32 Å². The van der Waals surface area contributed by atoms with Gasteiger partial charge in [0.1, 0.15) is 0 Å². The SMILES string of the molecule is CC1CCC(NCc2cscn2)CC1C. The van der Waals surface area contributed by atoms with Gasteiger partial charge in [-0.2, -0.15) is 0 Å². The van der Waals surface area contributed by atoms with E-state index in [1.165, 1.54) is 25.0 Å². The average Bonchev–Trinajstić information content (AvgIpc) is 2.73. The van der Waals surface area contributed by atoms with Crippen LogP contribution in [-0.2, 0) is 6.54 Å². The first-order valence-corrected chi connectivity index (χ1v) is 6.80. The lowest BCUT2D eigenvalue weighted by atomic mass is 9.79. The highest BCUT2D eigenvalue weighted by atomic mass is 32.1. The van der Waals surface area contributed by atoms with Gasteiger partial charge in [0.15, 0.2) is 0 Å². The minimum absolute atomic E-state index is 0.706. The van der Waals surface area contributed by atoms with Crippen molar-refractivity contribution in [1.82, 2.24) is 10.3 Å². The second-order valence-corrected chi connectivity index (χ2v) is 5.54. The molecule has 0 aliphatic heterocycles. The number of thiazole rings is 1. The van der Waals surface area contributed by atoms with Gasteiger partial charge in [0, 0.05) is 18.0 Å². The molecule has 0 radical (unpaired) electrons. The number of rotatable bonds is 3. The van der Waals surface area contributed by atoms with Crippen molar-refractivity contribution in [3.63, 3.8) is 0 Å². The monoisotopic (exact) mass is 224 g/mol. The van der Waals surface area contributed by atoms with Crippen molar-refractivity contribution in [2.24, 2.45) is 11.8 Å². The van der Waals surface area contributed by atoms with Crippen LogP contribution in [0.2, 0.25) is 0 Å².